The molecule has 1 unspecified atom stereocenters. The first-order valence-electron chi connectivity index (χ1n) is 9.90. The van der Waals surface area contributed by atoms with Crippen LogP contribution in [0.3, 0.4) is 0 Å². The predicted octanol–water partition coefficient (Wildman–Crippen LogP) is 3.41. The molecule has 1 aliphatic rings. The molecule has 3 rings (SSSR count). The highest BCUT2D eigenvalue weighted by molar-refractivity contribution is 14.0. The average Bonchev–Trinajstić information content (AvgIpc) is 3.25. The third-order valence-electron chi connectivity index (χ3n) is 4.76. The van der Waals surface area contributed by atoms with Gasteiger partial charge in [-0.05, 0) is 39.8 Å². The summed E-state index contributed by atoms with van der Waals surface area (Å²) < 4.78 is 11.5. The Morgan fingerprint density at radius 2 is 2.00 bits per heavy atom. The lowest BCUT2D eigenvalue weighted by Gasteiger charge is -2.33. The fraction of sp³-hybridized carbons (Fsp3) is 0.600. The molecule has 0 radical (unpaired) electrons. The lowest BCUT2D eigenvalue weighted by Crippen LogP contribution is -2.46. The smallest absolute Gasteiger partial charge is 0.191 e. The maximum Gasteiger partial charge on any atom is 0.191 e. The van der Waals surface area contributed by atoms with Crippen LogP contribution in [0.15, 0.2) is 21.5 Å². The van der Waals surface area contributed by atoms with E-state index in [1.807, 2.05) is 26.8 Å². The van der Waals surface area contributed by atoms with Gasteiger partial charge in [-0.1, -0.05) is 0 Å². The first-order valence-corrected chi connectivity index (χ1v) is 10.7. The summed E-state index contributed by atoms with van der Waals surface area (Å²) in [5.74, 6) is 2.73. The molecule has 0 aliphatic carbocycles. The Hall–Kier alpha value is -1.17. The molecule has 162 valence electrons. The molecule has 2 aromatic heterocycles. The van der Waals surface area contributed by atoms with E-state index in [9.17, 15) is 0 Å². The van der Waals surface area contributed by atoms with Crippen molar-refractivity contribution in [1.29, 1.82) is 0 Å². The van der Waals surface area contributed by atoms with E-state index in [1.165, 1.54) is 4.88 Å². The van der Waals surface area contributed by atoms with Gasteiger partial charge in [0.2, 0.25) is 0 Å². The van der Waals surface area contributed by atoms with Crippen LogP contribution in [0.25, 0.3) is 0 Å². The zero-order valence-corrected chi connectivity index (χ0v) is 20.8. The van der Waals surface area contributed by atoms with Crippen molar-refractivity contribution in [3.8, 4) is 0 Å². The molecule has 3 heterocycles. The molecule has 1 saturated heterocycles. The molecule has 0 aromatic carbocycles. The molecule has 2 N–H and O–H groups in total. The standard InChI is InChI=1S/C20H31N5O2S.HI/c1-5-21-20(23-13-19-15(3)24-16(4)28-19)22-12-17(18-7-6-14(2)27-18)25-8-10-26-11-9-25;/h6-7,17H,5,8-13H2,1-4H3,(H2,21,22,23);1H. The van der Waals surface area contributed by atoms with Crippen LogP contribution in [0.5, 0.6) is 0 Å². The van der Waals surface area contributed by atoms with Crippen molar-refractivity contribution in [2.24, 2.45) is 4.99 Å². The Labute approximate surface area is 194 Å². The molecule has 0 saturated carbocycles. The summed E-state index contributed by atoms with van der Waals surface area (Å²) >= 11 is 1.71. The van der Waals surface area contributed by atoms with E-state index < -0.39 is 0 Å². The monoisotopic (exact) mass is 533 g/mol. The van der Waals surface area contributed by atoms with Crippen molar-refractivity contribution >= 4 is 41.3 Å². The molecule has 1 aliphatic heterocycles. The van der Waals surface area contributed by atoms with Crippen molar-refractivity contribution < 1.29 is 9.15 Å². The van der Waals surface area contributed by atoms with Gasteiger partial charge in [-0.3, -0.25) is 4.90 Å². The van der Waals surface area contributed by atoms with Crippen LogP contribution in [-0.4, -0.2) is 55.2 Å². The Balaban J connectivity index is 0.00000300. The number of rotatable bonds is 7. The first-order chi connectivity index (χ1) is 13.6. The van der Waals surface area contributed by atoms with Gasteiger partial charge in [0, 0.05) is 31.1 Å². The van der Waals surface area contributed by atoms with E-state index in [4.69, 9.17) is 14.1 Å². The largest absolute Gasteiger partial charge is 0.465 e. The summed E-state index contributed by atoms with van der Waals surface area (Å²) in [4.78, 5) is 12.9. The van der Waals surface area contributed by atoms with Gasteiger partial charge in [-0.15, -0.1) is 35.3 Å². The van der Waals surface area contributed by atoms with E-state index in [0.717, 1.165) is 67.6 Å². The summed E-state index contributed by atoms with van der Waals surface area (Å²) in [6, 6.07) is 4.25. The predicted molar refractivity (Wildman–Crippen MR) is 128 cm³/mol. The molecule has 7 nitrogen and oxygen atoms in total. The highest BCUT2D eigenvalue weighted by Crippen LogP contribution is 2.23. The van der Waals surface area contributed by atoms with Crippen molar-refractivity contribution in [3.63, 3.8) is 0 Å². The molecule has 1 fully saturated rings. The molecule has 0 bridgehead atoms. The van der Waals surface area contributed by atoms with Crippen molar-refractivity contribution in [1.82, 2.24) is 20.5 Å². The van der Waals surface area contributed by atoms with Crippen LogP contribution < -0.4 is 10.6 Å². The minimum Gasteiger partial charge on any atom is -0.465 e. The van der Waals surface area contributed by atoms with E-state index in [1.54, 1.807) is 11.3 Å². The van der Waals surface area contributed by atoms with Crippen molar-refractivity contribution in [3.05, 3.63) is 39.2 Å². The van der Waals surface area contributed by atoms with Crippen LogP contribution in [0.4, 0.5) is 0 Å². The molecule has 0 spiro atoms. The molecule has 0 amide bonds. The molecule has 1 atom stereocenters. The van der Waals surface area contributed by atoms with Gasteiger partial charge in [-0.2, -0.15) is 0 Å². The number of aromatic nitrogens is 1. The number of hydrogen-bond acceptors (Lipinski definition) is 6. The number of thiazole rings is 1. The fourth-order valence-electron chi connectivity index (χ4n) is 3.34. The number of nitrogens with zero attached hydrogens (tertiary/aromatic N) is 3. The van der Waals surface area contributed by atoms with E-state index in [0.29, 0.717) is 6.54 Å². The summed E-state index contributed by atoms with van der Waals surface area (Å²) in [5, 5.41) is 7.93. The lowest BCUT2D eigenvalue weighted by atomic mass is 10.1. The zero-order chi connectivity index (χ0) is 19.9. The molecular weight excluding hydrogens is 501 g/mol. The van der Waals surface area contributed by atoms with Gasteiger partial charge in [0.05, 0.1) is 36.5 Å². The van der Waals surface area contributed by atoms with E-state index in [-0.39, 0.29) is 30.0 Å². The third-order valence-corrected chi connectivity index (χ3v) is 5.82. The Kier molecular flexibility index (Phi) is 9.87. The number of furan rings is 1. The van der Waals surface area contributed by atoms with Crippen molar-refractivity contribution in [2.75, 3.05) is 39.4 Å². The Morgan fingerprint density at radius 1 is 1.24 bits per heavy atom. The van der Waals surface area contributed by atoms with Gasteiger partial charge in [0.25, 0.3) is 0 Å². The van der Waals surface area contributed by atoms with E-state index >= 15 is 0 Å². The van der Waals surface area contributed by atoms with Gasteiger partial charge < -0.3 is 19.8 Å². The van der Waals surface area contributed by atoms with E-state index in [2.05, 4.69) is 33.5 Å². The van der Waals surface area contributed by atoms with Gasteiger partial charge in [0.15, 0.2) is 5.96 Å². The van der Waals surface area contributed by atoms with Crippen LogP contribution in [0.2, 0.25) is 0 Å². The summed E-state index contributed by atoms with van der Waals surface area (Å²) in [5.41, 5.74) is 1.07. The average molecular weight is 533 g/mol. The quantitative estimate of drug-likeness (QED) is 0.323. The Morgan fingerprint density at radius 3 is 2.59 bits per heavy atom. The lowest BCUT2D eigenvalue weighted by molar-refractivity contribution is 0.0124. The van der Waals surface area contributed by atoms with Gasteiger partial charge in [-0.25, -0.2) is 9.98 Å². The molecular formula is C20H32IN5O2S. The normalized spacial score (nSPS) is 16.3. The second-order valence-corrected chi connectivity index (χ2v) is 8.22. The maximum absolute atomic E-state index is 5.95. The van der Waals surface area contributed by atoms with Crippen LogP contribution in [0.1, 0.15) is 40.1 Å². The van der Waals surface area contributed by atoms with Crippen LogP contribution >= 0.6 is 35.3 Å². The van der Waals surface area contributed by atoms with Crippen LogP contribution in [-0.2, 0) is 11.3 Å². The first kappa shape index (κ1) is 24.1. The Bertz CT molecular complexity index is 786. The summed E-state index contributed by atoms with van der Waals surface area (Å²) in [6.07, 6.45) is 0. The number of hydrogen-bond donors (Lipinski definition) is 2. The molecule has 9 heteroatoms. The SMILES string of the molecule is CCNC(=NCc1sc(C)nc1C)NCC(c1ccc(C)o1)N1CCOCC1.I. The number of nitrogens with one attached hydrogen (secondary N) is 2. The number of ether oxygens (including phenoxy) is 1. The van der Waals surface area contributed by atoms with Crippen LogP contribution in [0, 0.1) is 20.8 Å². The number of morpholine rings is 1. The topological polar surface area (TPSA) is 74.9 Å². The fourth-order valence-corrected chi connectivity index (χ4v) is 4.20. The summed E-state index contributed by atoms with van der Waals surface area (Å²) in [7, 11) is 0. The van der Waals surface area contributed by atoms with Gasteiger partial charge >= 0.3 is 0 Å². The minimum absolute atomic E-state index is 0. The number of halogens is 1. The van der Waals surface area contributed by atoms with Gasteiger partial charge in [0.1, 0.15) is 11.5 Å². The highest BCUT2D eigenvalue weighted by Gasteiger charge is 2.25. The second-order valence-electron chi connectivity index (χ2n) is 6.93. The second kappa shape index (κ2) is 11.9. The third kappa shape index (κ3) is 6.94. The van der Waals surface area contributed by atoms with Crippen molar-refractivity contribution in [2.45, 2.75) is 40.3 Å². The minimum atomic E-state index is 0. The molecule has 29 heavy (non-hydrogen) atoms. The number of aliphatic imine (C=N–C) groups is 1. The molecule has 2 aromatic rings. The zero-order valence-electron chi connectivity index (χ0n) is 17.7. The number of aryl methyl sites for hydroxylation is 3. The number of guanidine groups is 1. The summed E-state index contributed by atoms with van der Waals surface area (Å²) in [6.45, 7) is 13.6. The highest BCUT2D eigenvalue weighted by atomic mass is 127. The maximum atomic E-state index is 5.95.